The number of halogens is 3. The van der Waals surface area contributed by atoms with Crippen molar-refractivity contribution in [1.82, 2.24) is 0 Å². The quantitative estimate of drug-likeness (QED) is 0.256. The highest BCUT2D eigenvalue weighted by Crippen LogP contribution is 2.36. The van der Waals surface area contributed by atoms with E-state index in [1.807, 2.05) is 43.3 Å². The maximum atomic E-state index is 9.66. The number of methoxy groups -OCH3 is 1. The van der Waals surface area contributed by atoms with Gasteiger partial charge in [-0.1, -0.05) is 75.0 Å². The second-order valence-corrected chi connectivity index (χ2v) is 8.29. The Morgan fingerprint density at radius 1 is 1.07 bits per heavy atom. The molecule has 0 aromatic heterocycles. The molecule has 0 unspecified atom stereocenters. The summed E-state index contributed by atoms with van der Waals surface area (Å²) in [6.07, 6.45) is 1.74. The Balaban J connectivity index is 1.91. The van der Waals surface area contributed by atoms with Gasteiger partial charge in [-0.2, -0.15) is 5.26 Å². The van der Waals surface area contributed by atoms with Gasteiger partial charge in [0.1, 0.15) is 6.61 Å². The fourth-order valence-electron chi connectivity index (χ4n) is 2.81. The molecule has 0 saturated heterocycles. The van der Waals surface area contributed by atoms with Crippen LogP contribution in [0.4, 0.5) is 0 Å². The molecule has 0 saturated carbocycles. The Labute approximate surface area is 194 Å². The van der Waals surface area contributed by atoms with Crippen LogP contribution < -0.4 is 9.47 Å². The smallest absolute Gasteiger partial charge is 0.162 e. The van der Waals surface area contributed by atoms with E-state index in [4.69, 9.17) is 32.7 Å². The molecule has 0 aliphatic rings. The van der Waals surface area contributed by atoms with Gasteiger partial charge in [-0.25, -0.2) is 0 Å². The second kappa shape index (κ2) is 10.0. The summed E-state index contributed by atoms with van der Waals surface area (Å²) in [4.78, 5) is 0. The molecule has 0 aliphatic carbocycles. The first-order chi connectivity index (χ1) is 14.4. The average Bonchev–Trinajstić information content (AvgIpc) is 2.73. The van der Waals surface area contributed by atoms with Crippen molar-refractivity contribution in [2.75, 3.05) is 7.11 Å². The van der Waals surface area contributed by atoms with Crippen LogP contribution in [-0.4, -0.2) is 7.11 Å². The SMILES string of the molecule is COc1cc(/C=C(\C#N)c2ccc(Cl)cc2Cl)c(Br)cc1OCc1ccc(C)cc1. The molecule has 152 valence electrons. The van der Waals surface area contributed by atoms with Gasteiger partial charge in [0.25, 0.3) is 0 Å². The van der Waals surface area contributed by atoms with E-state index in [0.29, 0.717) is 39.3 Å². The van der Waals surface area contributed by atoms with Gasteiger partial charge in [0.05, 0.1) is 23.8 Å². The number of nitriles is 1. The Morgan fingerprint density at radius 2 is 1.80 bits per heavy atom. The molecule has 0 fully saturated rings. The fourth-order valence-corrected chi connectivity index (χ4v) is 3.76. The summed E-state index contributed by atoms with van der Waals surface area (Å²) in [5.41, 5.74) is 4.04. The van der Waals surface area contributed by atoms with Crippen LogP contribution in [0.2, 0.25) is 10.0 Å². The lowest BCUT2D eigenvalue weighted by Crippen LogP contribution is -1.98. The third-order valence-corrected chi connectivity index (χ3v) is 5.67. The van der Waals surface area contributed by atoms with Crippen molar-refractivity contribution in [2.24, 2.45) is 0 Å². The van der Waals surface area contributed by atoms with E-state index in [2.05, 4.69) is 22.0 Å². The summed E-state index contributed by atoms with van der Waals surface area (Å²) in [5, 5.41) is 10.6. The molecule has 0 amide bonds. The third-order valence-electron chi connectivity index (χ3n) is 4.44. The third kappa shape index (κ3) is 5.37. The zero-order chi connectivity index (χ0) is 21.7. The predicted octanol–water partition coefficient (Wildman–Crippen LogP) is 7.72. The second-order valence-electron chi connectivity index (χ2n) is 6.59. The highest BCUT2D eigenvalue weighted by molar-refractivity contribution is 9.10. The van der Waals surface area contributed by atoms with Crippen molar-refractivity contribution < 1.29 is 9.47 Å². The van der Waals surface area contributed by atoms with E-state index in [-0.39, 0.29) is 0 Å². The molecular weight excluding hydrogens is 485 g/mol. The number of hydrogen-bond acceptors (Lipinski definition) is 3. The predicted molar refractivity (Wildman–Crippen MR) is 126 cm³/mol. The molecule has 3 aromatic carbocycles. The van der Waals surface area contributed by atoms with E-state index in [1.165, 1.54) is 5.56 Å². The number of aryl methyl sites for hydroxylation is 1. The zero-order valence-corrected chi connectivity index (χ0v) is 19.5. The first kappa shape index (κ1) is 22.2. The van der Waals surface area contributed by atoms with Gasteiger partial charge in [0.15, 0.2) is 11.5 Å². The minimum absolute atomic E-state index is 0.410. The summed E-state index contributed by atoms with van der Waals surface area (Å²) in [5.74, 6) is 1.17. The van der Waals surface area contributed by atoms with Crippen LogP contribution in [0.3, 0.4) is 0 Å². The van der Waals surface area contributed by atoms with Gasteiger partial charge in [-0.3, -0.25) is 0 Å². The molecular formula is C24H18BrCl2NO2. The number of rotatable bonds is 6. The number of allylic oxidation sites excluding steroid dienone is 1. The van der Waals surface area contributed by atoms with Crippen molar-refractivity contribution in [3.63, 3.8) is 0 Å². The molecule has 0 heterocycles. The van der Waals surface area contributed by atoms with Gasteiger partial charge in [0.2, 0.25) is 0 Å². The summed E-state index contributed by atoms with van der Waals surface area (Å²) >= 11 is 15.8. The van der Waals surface area contributed by atoms with Crippen LogP contribution in [0.15, 0.2) is 59.1 Å². The minimum Gasteiger partial charge on any atom is -0.493 e. The van der Waals surface area contributed by atoms with Gasteiger partial charge < -0.3 is 9.47 Å². The van der Waals surface area contributed by atoms with Crippen molar-refractivity contribution in [3.05, 3.63) is 91.4 Å². The van der Waals surface area contributed by atoms with Gasteiger partial charge in [0, 0.05) is 15.1 Å². The van der Waals surface area contributed by atoms with Crippen molar-refractivity contribution in [1.29, 1.82) is 5.26 Å². The summed E-state index contributed by atoms with van der Waals surface area (Å²) in [7, 11) is 1.58. The molecule has 0 N–H and O–H groups in total. The Morgan fingerprint density at radius 3 is 2.43 bits per heavy atom. The molecule has 3 aromatic rings. The normalized spacial score (nSPS) is 11.1. The standard InChI is InChI=1S/C24H18BrCl2NO2/c1-15-3-5-16(6-4-15)14-30-24-12-21(25)17(10-23(24)29-2)9-18(13-28)20-8-7-19(26)11-22(20)27/h3-12H,14H2,1-2H3/b18-9+. The molecule has 3 rings (SSSR count). The fraction of sp³-hybridized carbons (Fsp3) is 0.125. The van der Waals surface area contributed by atoms with E-state index >= 15 is 0 Å². The molecule has 0 atom stereocenters. The maximum Gasteiger partial charge on any atom is 0.162 e. The Kier molecular flexibility index (Phi) is 7.44. The number of hydrogen-bond donors (Lipinski definition) is 0. The molecule has 0 spiro atoms. The van der Waals surface area contributed by atoms with Crippen LogP contribution >= 0.6 is 39.1 Å². The first-order valence-corrected chi connectivity index (χ1v) is 10.6. The molecule has 3 nitrogen and oxygen atoms in total. The van der Waals surface area contributed by atoms with Gasteiger partial charge in [-0.15, -0.1) is 0 Å². The van der Waals surface area contributed by atoms with E-state index < -0.39 is 0 Å². The van der Waals surface area contributed by atoms with Gasteiger partial charge in [-0.05, 0) is 48.4 Å². The van der Waals surface area contributed by atoms with Crippen molar-refractivity contribution in [3.8, 4) is 17.6 Å². The molecule has 6 heteroatoms. The molecule has 0 radical (unpaired) electrons. The number of ether oxygens (including phenoxy) is 2. The number of benzene rings is 3. The minimum atomic E-state index is 0.410. The average molecular weight is 503 g/mol. The van der Waals surface area contributed by atoms with Crippen LogP contribution in [0.25, 0.3) is 11.6 Å². The van der Waals surface area contributed by atoms with Crippen molar-refractivity contribution in [2.45, 2.75) is 13.5 Å². The Hall–Kier alpha value is -2.45. The summed E-state index contributed by atoms with van der Waals surface area (Å²) in [6.45, 7) is 2.46. The monoisotopic (exact) mass is 501 g/mol. The zero-order valence-electron chi connectivity index (χ0n) is 16.4. The lowest BCUT2D eigenvalue weighted by atomic mass is 10.0. The molecule has 0 aliphatic heterocycles. The van der Waals surface area contributed by atoms with E-state index in [0.717, 1.165) is 15.6 Å². The van der Waals surface area contributed by atoms with Crippen LogP contribution in [0.1, 0.15) is 22.3 Å². The molecule has 30 heavy (non-hydrogen) atoms. The maximum absolute atomic E-state index is 9.66. The first-order valence-electron chi connectivity index (χ1n) is 9.04. The van der Waals surface area contributed by atoms with E-state index in [1.54, 1.807) is 31.4 Å². The lowest BCUT2D eigenvalue weighted by molar-refractivity contribution is 0.284. The summed E-state index contributed by atoms with van der Waals surface area (Å²) < 4.78 is 12.2. The largest absolute Gasteiger partial charge is 0.493 e. The lowest BCUT2D eigenvalue weighted by Gasteiger charge is -2.13. The molecule has 0 bridgehead atoms. The van der Waals surface area contributed by atoms with Crippen LogP contribution in [0, 0.1) is 18.3 Å². The van der Waals surface area contributed by atoms with Crippen molar-refractivity contribution >= 4 is 50.8 Å². The van der Waals surface area contributed by atoms with E-state index in [9.17, 15) is 5.26 Å². The van der Waals surface area contributed by atoms with Crippen LogP contribution in [-0.2, 0) is 6.61 Å². The summed E-state index contributed by atoms with van der Waals surface area (Å²) in [6, 6.07) is 19.0. The highest BCUT2D eigenvalue weighted by Gasteiger charge is 2.13. The Bertz CT molecular complexity index is 1140. The van der Waals surface area contributed by atoms with Gasteiger partial charge >= 0.3 is 0 Å². The van der Waals surface area contributed by atoms with Crippen LogP contribution in [0.5, 0.6) is 11.5 Å². The number of nitrogens with zero attached hydrogens (tertiary/aromatic N) is 1. The highest BCUT2D eigenvalue weighted by atomic mass is 79.9. The topological polar surface area (TPSA) is 42.2 Å².